The number of hydrogen-bond donors (Lipinski definition) is 2. The third-order valence-corrected chi connectivity index (χ3v) is 3.02. The number of aliphatic hydroxyl groups is 1. The second kappa shape index (κ2) is 6.06. The molecule has 4 heteroatoms. The lowest BCUT2D eigenvalue weighted by Gasteiger charge is -2.35. The first kappa shape index (κ1) is 12.4. The van der Waals surface area contributed by atoms with Crippen molar-refractivity contribution in [3.05, 3.63) is 0 Å². The van der Waals surface area contributed by atoms with E-state index in [-0.39, 0.29) is 12.1 Å². The molecule has 1 aliphatic heterocycles. The van der Waals surface area contributed by atoms with Crippen LogP contribution >= 0.6 is 0 Å². The summed E-state index contributed by atoms with van der Waals surface area (Å²) < 4.78 is 0. The zero-order chi connectivity index (χ0) is 11.3. The Morgan fingerprint density at radius 3 is 2.93 bits per heavy atom. The molecule has 1 heterocycles. The third kappa shape index (κ3) is 4.17. The van der Waals surface area contributed by atoms with Crippen LogP contribution in [-0.4, -0.2) is 41.8 Å². The van der Waals surface area contributed by atoms with Crippen LogP contribution in [0, 0.1) is 17.2 Å². The quantitative estimate of drug-likeness (QED) is 0.657. The summed E-state index contributed by atoms with van der Waals surface area (Å²) >= 11 is 0. The largest absolute Gasteiger partial charge is 0.393 e. The summed E-state index contributed by atoms with van der Waals surface area (Å²) in [5.74, 6) is 0.442. The van der Waals surface area contributed by atoms with Crippen molar-refractivity contribution in [2.75, 3.05) is 19.6 Å². The van der Waals surface area contributed by atoms with E-state index >= 15 is 0 Å². The summed E-state index contributed by atoms with van der Waals surface area (Å²) in [6.07, 6.45) is 2.36. The van der Waals surface area contributed by atoms with Crippen LogP contribution in [0.4, 0.5) is 0 Å². The summed E-state index contributed by atoms with van der Waals surface area (Å²) in [5, 5.41) is 18.2. The highest BCUT2D eigenvalue weighted by molar-refractivity contribution is 4.87. The summed E-state index contributed by atoms with van der Waals surface area (Å²) in [7, 11) is 0. The van der Waals surface area contributed by atoms with Crippen molar-refractivity contribution < 1.29 is 5.11 Å². The molecular formula is C11H21N3O. The molecular weight excluding hydrogens is 190 g/mol. The topological polar surface area (TPSA) is 73.3 Å². The van der Waals surface area contributed by atoms with E-state index in [4.69, 9.17) is 11.0 Å². The third-order valence-electron chi connectivity index (χ3n) is 3.02. The Morgan fingerprint density at radius 2 is 2.33 bits per heavy atom. The summed E-state index contributed by atoms with van der Waals surface area (Å²) in [5.41, 5.74) is 5.93. The molecule has 0 saturated carbocycles. The van der Waals surface area contributed by atoms with Crippen LogP contribution in [0.25, 0.3) is 0 Å². The standard InChI is InChI=1S/C11H21N3O/c1-2-11(15)6-9-5-10(13)8-14(7-9)4-3-12/h9-11,15H,2,4-8,13H2,1H3. The van der Waals surface area contributed by atoms with Crippen molar-refractivity contribution >= 4 is 0 Å². The highest BCUT2D eigenvalue weighted by Gasteiger charge is 2.25. The van der Waals surface area contributed by atoms with Crippen LogP contribution < -0.4 is 5.73 Å². The number of nitriles is 1. The zero-order valence-electron chi connectivity index (χ0n) is 9.39. The molecule has 0 bridgehead atoms. The fourth-order valence-corrected chi connectivity index (χ4v) is 2.30. The first-order chi connectivity index (χ1) is 7.15. The minimum atomic E-state index is -0.218. The molecule has 0 spiro atoms. The van der Waals surface area contributed by atoms with Crippen LogP contribution in [-0.2, 0) is 0 Å². The van der Waals surface area contributed by atoms with E-state index < -0.39 is 0 Å². The number of nitrogens with two attached hydrogens (primary N) is 1. The molecule has 0 radical (unpaired) electrons. The van der Waals surface area contributed by atoms with E-state index in [1.807, 2.05) is 6.92 Å². The van der Waals surface area contributed by atoms with Crippen molar-refractivity contribution in [1.82, 2.24) is 4.90 Å². The van der Waals surface area contributed by atoms with Crippen molar-refractivity contribution in [2.45, 2.75) is 38.3 Å². The predicted octanol–water partition coefficient (Wildman–Crippen LogP) is 0.320. The molecule has 0 aromatic carbocycles. The molecule has 86 valence electrons. The van der Waals surface area contributed by atoms with Gasteiger partial charge in [0.25, 0.3) is 0 Å². The van der Waals surface area contributed by atoms with Crippen LogP contribution in [0.1, 0.15) is 26.2 Å². The lowest BCUT2D eigenvalue weighted by Crippen LogP contribution is -2.47. The van der Waals surface area contributed by atoms with E-state index in [0.29, 0.717) is 12.5 Å². The maximum atomic E-state index is 9.59. The second-order valence-electron chi connectivity index (χ2n) is 4.51. The van der Waals surface area contributed by atoms with Crippen molar-refractivity contribution in [2.24, 2.45) is 11.7 Å². The van der Waals surface area contributed by atoms with Gasteiger partial charge in [0.15, 0.2) is 0 Å². The molecule has 3 N–H and O–H groups in total. The molecule has 15 heavy (non-hydrogen) atoms. The molecule has 1 rings (SSSR count). The Morgan fingerprint density at radius 1 is 1.60 bits per heavy atom. The minimum absolute atomic E-state index is 0.154. The first-order valence-corrected chi connectivity index (χ1v) is 5.68. The number of nitrogens with zero attached hydrogens (tertiary/aromatic N) is 2. The Bertz CT molecular complexity index is 226. The normalized spacial score (nSPS) is 29.7. The molecule has 0 aliphatic carbocycles. The molecule has 0 aromatic rings. The van der Waals surface area contributed by atoms with Gasteiger partial charge < -0.3 is 10.8 Å². The lowest BCUT2D eigenvalue weighted by molar-refractivity contribution is 0.0961. The maximum absolute atomic E-state index is 9.59. The number of hydrogen-bond acceptors (Lipinski definition) is 4. The van der Waals surface area contributed by atoms with Crippen molar-refractivity contribution in [3.63, 3.8) is 0 Å². The van der Waals surface area contributed by atoms with Crippen LogP contribution in [0.15, 0.2) is 0 Å². The summed E-state index contributed by atoms with van der Waals surface area (Å²) in [4.78, 5) is 2.08. The molecule has 3 unspecified atom stereocenters. The molecule has 3 atom stereocenters. The minimum Gasteiger partial charge on any atom is -0.393 e. The van der Waals surface area contributed by atoms with Crippen molar-refractivity contribution in [1.29, 1.82) is 5.26 Å². The molecule has 1 fully saturated rings. The second-order valence-corrected chi connectivity index (χ2v) is 4.51. The van der Waals surface area contributed by atoms with Gasteiger partial charge in [0.2, 0.25) is 0 Å². The first-order valence-electron chi connectivity index (χ1n) is 5.68. The van der Waals surface area contributed by atoms with Gasteiger partial charge in [-0.25, -0.2) is 0 Å². The van der Waals surface area contributed by atoms with Gasteiger partial charge in [-0.15, -0.1) is 0 Å². The predicted molar refractivity (Wildman–Crippen MR) is 59.1 cm³/mol. The van der Waals surface area contributed by atoms with Gasteiger partial charge in [0.05, 0.1) is 18.7 Å². The molecule has 0 aromatic heterocycles. The molecule has 1 saturated heterocycles. The fourth-order valence-electron chi connectivity index (χ4n) is 2.30. The zero-order valence-corrected chi connectivity index (χ0v) is 9.39. The Kier molecular flexibility index (Phi) is 5.03. The Hall–Kier alpha value is -0.630. The Labute approximate surface area is 91.7 Å². The van der Waals surface area contributed by atoms with Gasteiger partial charge in [-0.1, -0.05) is 6.92 Å². The average Bonchev–Trinajstić information content (AvgIpc) is 2.17. The van der Waals surface area contributed by atoms with Gasteiger partial charge >= 0.3 is 0 Å². The molecule has 0 amide bonds. The number of rotatable bonds is 4. The van der Waals surface area contributed by atoms with Gasteiger partial charge in [0.1, 0.15) is 0 Å². The number of likely N-dealkylation sites (tertiary alicyclic amines) is 1. The SMILES string of the molecule is CCC(O)CC1CC(N)CN(CC#N)C1. The Balaban J connectivity index is 2.41. The van der Waals surface area contributed by atoms with E-state index in [1.165, 1.54) is 0 Å². The van der Waals surface area contributed by atoms with E-state index in [0.717, 1.165) is 32.4 Å². The number of aliphatic hydroxyl groups excluding tert-OH is 1. The highest BCUT2D eigenvalue weighted by atomic mass is 16.3. The maximum Gasteiger partial charge on any atom is 0.0866 e. The lowest BCUT2D eigenvalue weighted by atomic mass is 9.89. The summed E-state index contributed by atoms with van der Waals surface area (Å²) in [6.45, 7) is 4.15. The van der Waals surface area contributed by atoms with Gasteiger partial charge in [0, 0.05) is 19.1 Å². The fraction of sp³-hybridized carbons (Fsp3) is 0.909. The van der Waals surface area contributed by atoms with Crippen molar-refractivity contribution in [3.8, 4) is 6.07 Å². The smallest absolute Gasteiger partial charge is 0.0866 e. The van der Waals surface area contributed by atoms with Gasteiger partial charge in [-0.3, -0.25) is 4.90 Å². The van der Waals surface area contributed by atoms with Gasteiger partial charge in [-0.2, -0.15) is 5.26 Å². The molecule has 1 aliphatic rings. The molecule has 4 nitrogen and oxygen atoms in total. The summed E-state index contributed by atoms with van der Waals surface area (Å²) in [6, 6.07) is 2.31. The van der Waals surface area contributed by atoms with Crippen LogP contribution in [0.5, 0.6) is 0 Å². The van der Waals surface area contributed by atoms with E-state index in [1.54, 1.807) is 0 Å². The van der Waals surface area contributed by atoms with Crippen LogP contribution in [0.3, 0.4) is 0 Å². The van der Waals surface area contributed by atoms with E-state index in [2.05, 4.69) is 11.0 Å². The average molecular weight is 211 g/mol. The number of piperidine rings is 1. The monoisotopic (exact) mass is 211 g/mol. The van der Waals surface area contributed by atoms with E-state index in [9.17, 15) is 5.11 Å². The van der Waals surface area contributed by atoms with Crippen LogP contribution in [0.2, 0.25) is 0 Å². The highest BCUT2D eigenvalue weighted by Crippen LogP contribution is 2.21. The van der Waals surface area contributed by atoms with Gasteiger partial charge in [-0.05, 0) is 25.2 Å².